The fourth-order valence-corrected chi connectivity index (χ4v) is 2.19. The number of aryl methyl sites for hydroxylation is 2. The molecule has 104 valence electrons. The van der Waals surface area contributed by atoms with Gasteiger partial charge in [0.1, 0.15) is 0 Å². The highest BCUT2D eigenvalue weighted by Crippen LogP contribution is 2.21. The third-order valence-electron chi connectivity index (χ3n) is 3.07. The van der Waals surface area contributed by atoms with Crippen molar-refractivity contribution in [2.45, 2.75) is 52.7 Å². The van der Waals surface area contributed by atoms with Gasteiger partial charge < -0.3 is 10.1 Å². The van der Waals surface area contributed by atoms with E-state index in [0.717, 1.165) is 48.9 Å². The first-order valence-corrected chi connectivity index (χ1v) is 6.98. The van der Waals surface area contributed by atoms with Crippen LogP contribution in [0.1, 0.15) is 38.6 Å². The van der Waals surface area contributed by atoms with Gasteiger partial charge in [-0.2, -0.15) is 5.10 Å². The molecule has 1 rings (SSSR count). The van der Waals surface area contributed by atoms with Gasteiger partial charge in [0.25, 0.3) is 0 Å². The highest BCUT2D eigenvalue weighted by atomic mass is 35.5. The molecule has 0 saturated carbocycles. The van der Waals surface area contributed by atoms with E-state index in [9.17, 15) is 0 Å². The van der Waals surface area contributed by atoms with Crippen molar-refractivity contribution in [2.75, 3.05) is 13.7 Å². The molecule has 18 heavy (non-hydrogen) atoms. The number of rotatable bonds is 8. The first kappa shape index (κ1) is 15.5. The molecule has 0 fully saturated rings. The fraction of sp³-hybridized carbons (Fsp3) is 0.769. The van der Waals surface area contributed by atoms with Crippen LogP contribution in [-0.2, 0) is 24.2 Å². The predicted molar refractivity (Wildman–Crippen MR) is 75.1 cm³/mol. The molecule has 1 atom stereocenters. The van der Waals surface area contributed by atoms with Crippen LogP contribution in [0.3, 0.4) is 0 Å². The average molecular weight is 274 g/mol. The molecule has 1 heterocycles. The molecule has 0 spiro atoms. The standard InChI is InChI=1S/C13H24ClN3O/c1-5-11-13(14)12(17(6-2)16-11)9-15-10(3)7-8-18-4/h10,15H,5-9H2,1-4H3. The van der Waals surface area contributed by atoms with Crippen molar-refractivity contribution >= 4 is 11.6 Å². The summed E-state index contributed by atoms with van der Waals surface area (Å²) in [6, 6.07) is 0.409. The van der Waals surface area contributed by atoms with Gasteiger partial charge in [0.15, 0.2) is 0 Å². The maximum Gasteiger partial charge on any atom is 0.0863 e. The second-order valence-corrected chi connectivity index (χ2v) is 4.82. The van der Waals surface area contributed by atoms with Gasteiger partial charge in [-0.05, 0) is 26.7 Å². The lowest BCUT2D eigenvalue weighted by atomic mass is 10.2. The van der Waals surface area contributed by atoms with E-state index in [1.807, 2.05) is 4.68 Å². The summed E-state index contributed by atoms with van der Waals surface area (Å²) in [7, 11) is 1.73. The van der Waals surface area contributed by atoms with Crippen molar-refractivity contribution in [1.29, 1.82) is 0 Å². The molecule has 0 amide bonds. The minimum Gasteiger partial charge on any atom is -0.385 e. The third kappa shape index (κ3) is 3.97. The molecule has 0 aromatic carbocycles. The maximum absolute atomic E-state index is 6.35. The third-order valence-corrected chi connectivity index (χ3v) is 3.50. The number of nitrogens with zero attached hydrogens (tertiary/aromatic N) is 2. The van der Waals surface area contributed by atoms with Gasteiger partial charge in [-0.25, -0.2) is 0 Å². The van der Waals surface area contributed by atoms with E-state index >= 15 is 0 Å². The summed E-state index contributed by atoms with van der Waals surface area (Å²) >= 11 is 6.35. The van der Waals surface area contributed by atoms with Gasteiger partial charge in [-0.3, -0.25) is 4.68 Å². The summed E-state index contributed by atoms with van der Waals surface area (Å²) in [5, 5.41) is 8.78. The number of hydrogen-bond donors (Lipinski definition) is 1. The number of methoxy groups -OCH3 is 1. The average Bonchev–Trinajstić information content (AvgIpc) is 2.69. The number of aromatic nitrogens is 2. The maximum atomic E-state index is 6.35. The second-order valence-electron chi connectivity index (χ2n) is 4.44. The van der Waals surface area contributed by atoms with Crippen LogP contribution in [0.15, 0.2) is 0 Å². The largest absolute Gasteiger partial charge is 0.385 e. The van der Waals surface area contributed by atoms with E-state index in [1.54, 1.807) is 7.11 Å². The molecule has 0 radical (unpaired) electrons. The van der Waals surface area contributed by atoms with E-state index in [2.05, 4.69) is 31.2 Å². The Hall–Kier alpha value is -0.580. The smallest absolute Gasteiger partial charge is 0.0863 e. The van der Waals surface area contributed by atoms with Crippen molar-refractivity contribution < 1.29 is 4.74 Å². The molecule has 5 heteroatoms. The van der Waals surface area contributed by atoms with Crippen molar-refractivity contribution in [1.82, 2.24) is 15.1 Å². The molecular formula is C13H24ClN3O. The molecule has 1 unspecified atom stereocenters. The van der Waals surface area contributed by atoms with Gasteiger partial charge >= 0.3 is 0 Å². The van der Waals surface area contributed by atoms with Crippen molar-refractivity contribution in [3.05, 3.63) is 16.4 Å². The van der Waals surface area contributed by atoms with Crippen LogP contribution >= 0.6 is 11.6 Å². The lowest BCUT2D eigenvalue weighted by molar-refractivity contribution is 0.184. The van der Waals surface area contributed by atoms with Crippen LogP contribution in [0.2, 0.25) is 5.02 Å². The Balaban J connectivity index is 2.63. The topological polar surface area (TPSA) is 39.1 Å². The van der Waals surface area contributed by atoms with Crippen molar-refractivity contribution in [2.24, 2.45) is 0 Å². The summed E-state index contributed by atoms with van der Waals surface area (Å²) in [6.45, 7) is 8.69. The van der Waals surface area contributed by atoms with Crippen LogP contribution in [0.5, 0.6) is 0 Å². The quantitative estimate of drug-likeness (QED) is 0.791. The normalized spacial score (nSPS) is 12.9. The zero-order valence-electron chi connectivity index (χ0n) is 11.8. The molecule has 4 nitrogen and oxygen atoms in total. The van der Waals surface area contributed by atoms with E-state index in [4.69, 9.17) is 16.3 Å². The van der Waals surface area contributed by atoms with Gasteiger partial charge in [0, 0.05) is 32.8 Å². The molecular weight excluding hydrogens is 250 g/mol. The number of nitrogens with one attached hydrogen (secondary N) is 1. The highest BCUT2D eigenvalue weighted by Gasteiger charge is 2.14. The van der Waals surface area contributed by atoms with Gasteiger partial charge in [0.2, 0.25) is 0 Å². The van der Waals surface area contributed by atoms with Crippen LogP contribution in [-0.4, -0.2) is 29.5 Å². The summed E-state index contributed by atoms with van der Waals surface area (Å²) in [4.78, 5) is 0. The Morgan fingerprint density at radius 1 is 1.44 bits per heavy atom. The summed E-state index contributed by atoms with van der Waals surface area (Å²) in [5.74, 6) is 0. The Morgan fingerprint density at radius 3 is 2.72 bits per heavy atom. The van der Waals surface area contributed by atoms with E-state index < -0.39 is 0 Å². The number of hydrogen-bond acceptors (Lipinski definition) is 3. The van der Waals surface area contributed by atoms with Gasteiger partial charge in [-0.1, -0.05) is 18.5 Å². The zero-order valence-corrected chi connectivity index (χ0v) is 12.5. The van der Waals surface area contributed by atoms with E-state index in [0.29, 0.717) is 6.04 Å². The Morgan fingerprint density at radius 2 is 2.17 bits per heavy atom. The number of halogens is 1. The van der Waals surface area contributed by atoms with Gasteiger partial charge in [0.05, 0.1) is 16.4 Å². The van der Waals surface area contributed by atoms with Crippen LogP contribution in [0.25, 0.3) is 0 Å². The molecule has 0 aliphatic heterocycles. The minimum absolute atomic E-state index is 0.409. The molecule has 0 bridgehead atoms. The van der Waals surface area contributed by atoms with Crippen LogP contribution < -0.4 is 5.32 Å². The summed E-state index contributed by atoms with van der Waals surface area (Å²) in [5.41, 5.74) is 2.07. The molecule has 0 saturated heterocycles. The van der Waals surface area contributed by atoms with Crippen LogP contribution in [0, 0.1) is 0 Å². The SMILES string of the molecule is CCc1nn(CC)c(CNC(C)CCOC)c1Cl. The van der Waals surface area contributed by atoms with Crippen LogP contribution in [0.4, 0.5) is 0 Å². The first-order chi connectivity index (χ1) is 8.63. The Labute approximate surface area is 115 Å². The fourth-order valence-electron chi connectivity index (χ4n) is 1.85. The second kappa shape index (κ2) is 7.77. The van der Waals surface area contributed by atoms with Gasteiger partial charge in [-0.15, -0.1) is 0 Å². The van der Waals surface area contributed by atoms with E-state index in [1.165, 1.54) is 0 Å². The van der Waals surface area contributed by atoms with E-state index in [-0.39, 0.29) is 0 Å². The Bertz CT molecular complexity index is 365. The molecule has 0 aliphatic rings. The molecule has 1 aromatic heterocycles. The zero-order chi connectivity index (χ0) is 13.5. The minimum atomic E-state index is 0.409. The molecule has 1 aromatic rings. The van der Waals surface area contributed by atoms with Crippen molar-refractivity contribution in [3.8, 4) is 0 Å². The lowest BCUT2D eigenvalue weighted by Gasteiger charge is -2.14. The highest BCUT2D eigenvalue weighted by molar-refractivity contribution is 6.31. The lowest BCUT2D eigenvalue weighted by Crippen LogP contribution is -2.28. The summed E-state index contributed by atoms with van der Waals surface area (Å²) < 4.78 is 7.05. The molecule has 1 N–H and O–H groups in total. The Kier molecular flexibility index (Phi) is 6.68. The predicted octanol–water partition coefficient (Wildman–Crippen LogP) is 2.63. The number of ether oxygens (including phenoxy) is 1. The van der Waals surface area contributed by atoms with Crippen molar-refractivity contribution in [3.63, 3.8) is 0 Å². The first-order valence-electron chi connectivity index (χ1n) is 6.60. The molecule has 0 aliphatic carbocycles. The summed E-state index contributed by atoms with van der Waals surface area (Å²) in [6.07, 6.45) is 1.87. The monoisotopic (exact) mass is 273 g/mol.